The first-order chi connectivity index (χ1) is 8.22. The topological polar surface area (TPSA) is 40.7 Å². The molecule has 0 fully saturated rings. The van der Waals surface area contributed by atoms with Crippen molar-refractivity contribution in [2.75, 3.05) is 7.05 Å². The van der Waals surface area contributed by atoms with Crippen molar-refractivity contribution in [1.29, 1.82) is 0 Å². The summed E-state index contributed by atoms with van der Waals surface area (Å²) in [5.41, 5.74) is 0.0725. The van der Waals surface area contributed by atoms with Crippen LogP contribution in [0.2, 0.25) is 0 Å². The molecule has 1 aromatic carbocycles. The number of H-pyrrole nitrogens is 1. The Morgan fingerprint density at radius 1 is 1.35 bits per heavy atom. The molecule has 5 heteroatoms. The summed E-state index contributed by atoms with van der Waals surface area (Å²) in [6.07, 6.45) is 3.50. The summed E-state index contributed by atoms with van der Waals surface area (Å²) in [6, 6.07) is 3.63. The van der Waals surface area contributed by atoms with Gasteiger partial charge in [-0.15, -0.1) is 0 Å². The Kier molecular flexibility index (Phi) is 3.49. The third-order valence-corrected chi connectivity index (χ3v) is 2.67. The van der Waals surface area contributed by atoms with E-state index in [1.807, 2.05) is 0 Å². The van der Waals surface area contributed by atoms with Crippen LogP contribution < -0.4 is 5.32 Å². The number of likely N-dealkylation sites (N-methyl/N-ethyl adjacent to an activating group) is 1. The largest absolute Gasteiger partial charge is 0.347 e. The van der Waals surface area contributed by atoms with E-state index in [1.54, 1.807) is 19.4 Å². The zero-order chi connectivity index (χ0) is 12.3. The lowest BCUT2D eigenvalue weighted by molar-refractivity contribution is 0.504. The average Bonchev–Trinajstić information content (AvgIpc) is 2.82. The molecule has 0 saturated heterocycles. The van der Waals surface area contributed by atoms with Gasteiger partial charge in [0.2, 0.25) is 0 Å². The highest BCUT2D eigenvalue weighted by molar-refractivity contribution is 5.21. The van der Waals surface area contributed by atoms with Crippen LogP contribution >= 0.6 is 0 Å². The minimum absolute atomic E-state index is 0.0725. The van der Waals surface area contributed by atoms with E-state index in [2.05, 4.69) is 15.3 Å². The predicted octanol–water partition coefficient (Wildman–Crippen LogP) is 2.19. The lowest BCUT2D eigenvalue weighted by Crippen LogP contribution is -2.21. The van der Waals surface area contributed by atoms with Crippen LogP contribution in [0.4, 0.5) is 8.78 Å². The first kappa shape index (κ1) is 11.7. The maximum absolute atomic E-state index is 13.5. The molecule has 0 bridgehead atoms. The molecule has 0 aliphatic heterocycles. The lowest BCUT2D eigenvalue weighted by atomic mass is 10.0. The molecule has 1 atom stereocenters. The van der Waals surface area contributed by atoms with Crippen molar-refractivity contribution in [3.63, 3.8) is 0 Å². The number of rotatable bonds is 4. The summed E-state index contributed by atoms with van der Waals surface area (Å²) < 4.78 is 27.0. The van der Waals surface area contributed by atoms with E-state index in [1.165, 1.54) is 18.2 Å². The van der Waals surface area contributed by atoms with Crippen LogP contribution in [-0.4, -0.2) is 17.0 Å². The second kappa shape index (κ2) is 5.05. The SMILES string of the molecule is CNC(Cc1c(F)cccc1F)c1ncc[nH]1. The van der Waals surface area contributed by atoms with Crippen LogP contribution in [0, 0.1) is 11.6 Å². The molecule has 1 aromatic heterocycles. The monoisotopic (exact) mass is 237 g/mol. The van der Waals surface area contributed by atoms with Gasteiger partial charge in [-0.05, 0) is 19.2 Å². The van der Waals surface area contributed by atoms with Gasteiger partial charge >= 0.3 is 0 Å². The van der Waals surface area contributed by atoms with Gasteiger partial charge in [0, 0.05) is 24.4 Å². The van der Waals surface area contributed by atoms with Crippen molar-refractivity contribution < 1.29 is 8.78 Å². The number of hydrogen-bond donors (Lipinski definition) is 2. The van der Waals surface area contributed by atoms with Gasteiger partial charge in [-0.25, -0.2) is 13.8 Å². The summed E-state index contributed by atoms with van der Waals surface area (Å²) in [7, 11) is 1.73. The number of aromatic nitrogens is 2. The Bertz CT molecular complexity index is 462. The van der Waals surface area contributed by atoms with Crippen molar-refractivity contribution in [3.05, 3.63) is 53.6 Å². The number of aromatic amines is 1. The highest BCUT2D eigenvalue weighted by Crippen LogP contribution is 2.19. The van der Waals surface area contributed by atoms with E-state index in [0.717, 1.165) is 0 Å². The molecule has 0 saturated carbocycles. The molecule has 2 N–H and O–H groups in total. The van der Waals surface area contributed by atoms with Crippen LogP contribution in [0.15, 0.2) is 30.6 Å². The van der Waals surface area contributed by atoms with Crippen molar-refractivity contribution in [2.24, 2.45) is 0 Å². The molecule has 17 heavy (non-hydrogen) atoms. The minimum atomic E-state index is -0.531. The Labute approximate surface area is 97.9 Å². The van der Waals surface area contributed by atoms with Crippen LogP contribution in [0.25, 0.3) is 0 Å². The van der Waals surface area contributed by atoms with E-state index in [-0.39, 0.29) is 18.0 Å². The number of hydrogen-bond acceptors (Lipinski definition) is 2. The number of nitrogens with zero attached hydrogens (tertiary/aromatic N) is 1. The Balaban J connectivity index is 2.25. The molecule has 2 rings (SSSR count). The summed E-state index contributed by atoms with van der Waals surface area (Å²) in [5, 5.41) is 2.98. The van der Waals surface area contributed by atoms with Crippen LogP contribution in [0.1, 0.15) is 17.4 Å². The molecule has 0 aliphatic carbocycles. The van der Waals surface area contributed by atoms with E-state index >= 15 is 0 Å². The summed E-state index contributed by atoms with van der Waals surface area (Å²) in [5.74, 6) is -0.399. The maximum Gasteiger partial charge on any atom is 0.129 e. The Hall–Kier alpha value is -1.75. The highest BCUT2D eigenvalue weighted by atomic mass is 19.1. The molecule has 0 radical (unpaired) electrons. The summed E-state index contributed by atoms with van der Waals surface area (Å²) in [4.78, 5) is 7.01. The van der Waals surface area contributed by atoms with Crippen LogP contribution in [-0.2, 0) is 6.42 Å². The predicted molar refractivity (Wildman–Crippen MR) is 60.5 cm³/mol. The van der Waals surface area contributed by atoms with Gasteiger partial charge in [-0.2, -0.15) is 0 Å². The maximum atomic E-state index is 13.5. The smallest absolute Gasteiger partial charge is 0.129 e. The number of halogens is 2. The zero-order valence-corrected chi connectivity index (χ0v) is 9.37. The van der Waals surface area contributed by atoms with Crippen LogP contribution in [0.3, 0.4) is 0 Å². The van der Waals surface area contributed by atoms with E-state index < -0.39 is 11.6 Å². The minimum Gasteiger partial charge on any atom is -0.347 e. The second-order valence-electron chi connectivity index (χ2n) is 3.72. The van der Waals surface area contributed by atoms with E-state index in [0.29, 0.717) is 5.82 Å². The Morgan fingerprint density at radius 2 is 2.06 bits per heavy atom. The van der Waals surface area contributed by atoms with Gasteiger partial charge in [0.1, 0.15) is 17.5 Å². The first-order valence-electron chi connectivity index (χ1n) is 5.31. The summed E-state index contributed by atoms with van der Waals surface area (Å²) >= 11 is 0. The molecule has 1 unspecified atom stereocenters. The molecule has 1 heterocycles. The Morgan fingerprint density at radius 3 is 2.59 bits per heavy atom. The molecule has 90 valence electrons. The van der Waals surface area contributed by atoms with Gasteiger partial charge in [-0.3, -0.25) is 0 Å². The molecular formula is C12H13F2N3. The van der Waals surface area contributed by atoms with Gasteiger partial charge in [-0.1, -0.05) is 6.07 Å². The molecule has 0 aliphatic rings. The van der Waals surface area contributed by atoms with Gasteiger partial charge in [0.05, 0.1) is 6.04 Å². The molecule has 0 amide bonds. The second-order valence-corrected chi connectivity index (χ2v) is 3.72. The zero-order valence-electron chi connectivity index (χ0n) is 9.37. The number of nitrogens with one attached hydrogen (secondary N) is 2. The fourth-order valence-corrected chi connectivity index (χ4v) is 1.73. The highest BCUT2D eigenvalue weighted by Gasteiger charge is 2.17. The molecule has 2 aromatic rings. The fourth-order valence-electron chi connectivity index (χ4n) is 1.73. The first-order valence-corrected chi connectivity index (χ1v) is 5.31. The average molecular weight is 237 g/mol. The third-order valence-electron chi connectivity index (χ3n) is 2.67. The van der Waals surface area contributed by atoms with Gasteiger partial charge in [0.25, 0.3) is 0 Å². The van der Waals surface area contributed by atoms with Crippen LogP contribution in [0.5, 0.6) is 0 Å². The quantitative estimate of drug-likeness (QED) is 0.855. The standard InChI is InChI=1S/C12H13F2N3/c1-15-11(12-16-5-6-17-12)7-8-9(13)3-2-4-10(8)14/h2-6,11,15H,7H2,1H3,(H,16,17). The fraction of sp³-hybridized carbons (Fsp3) is 0.250. The lowest BCUT2D eigenvalue weighted by Gasteiger charge is -2.14. The van der Waals surface area contributed by atoms with Crippen molar-refractivity contribution in [1.82, 2.24) is 15.3 Å². The van der Waals surface area contributed by atoms with E-state index in [9.17, 15) is 8.78 Å². The van der Waals surface area contributed by atoms with Gasteiger partial charge in [0.15, 0.2) is 0 Å². The molecule has 3 nitrogen and oxygen atoms in total. The molecule has 0 spiro atoms. The normalized spacial score (nSPS) is 12.6. The van der Waals surface area contributed by atoms with Crippen molar-refractivity contribution >= 4 is 0 Å². The number of imidazole rings is 1. The number of benzene rings is 1. The van der Waals surface area contributed by atoms with Gasteiger partial charge < -0.3 is 10.3 Å². The molecular weight excluding hydrogens is 224 g/mol. The third kappa shape index (κ3) is 2.50. The van der Waals surface area contributed by atoms with Crippen molar-refractivity contribution in [3.8, 4) is 0 Å². The summed E-state index contributed by atoms with van der Waals surface area (Å²) in [6.45, 7) is 0. The van der Waals surface area contributed by atoms with E-state index in [4.69, 9.17) is 0 Å². The van der Waals surface area contributed by atoms with Crippen molar-refractivity contribution in [2.45, 2.75) is 12.5 Å².